The highest BCUT2D eigenvalue weighted by Crippen LogP contribution is 2.31. The van der Waals surface area contributed by atoms with Crippen LogP contribution in [0, 0.1) is 0 Å². The second kappa shape index (κ2) is 6.38. The van der Waals surface area contributed by atoms with Gasteiger partial charge in [0, 0.05) is 18.0 Å². The van der Waals surface area contributed by atoms with Crippen molar-refractivity contribution in [1.82, 2.24) is 4.57 Å². The summed E-state index contributed by atoms with van der Waals surface area (Å²) >= 11 is 15.3. The highest BCUT2D eigenvalue weighted by atomic mass is 35.5. The number of carbonyl (C=O) groups excluding carboxylic acids is 1. The Morgan fingerprint density at radius 3 is 2.73 bits per heavy atom. The third kappa shape index (κ3) is 3.03. The lowest BCUT2D eigenvalue weighted by molar-refractivity contribution is -0.113. The van der Waals surface area contributed by atoms with Gasteiger partial charge in [-0.1, -0.05) is 40.6 Å². The molecule has 0 bridgehead atoms. The molecule has 22 heavy (non-hydrogen) atoms. The van der Waals surface area contributed by atoms with Crippen LogP contribution in [-0.4, -0.2) is 10.5 Å². The number of amides is 1. The number of halogens is 2. The lowest BCUT2D eigenvalue weighted by Crippen LogP contribution is -2.12. The topological polar surface area (TPSA) is 34.4 Å². The summed E-state index contributed by atoms with van der Waals surface area (Å²) in [6.45, 7) is 0. The average molecular weight is 369 g/mol. The summed E-state index contributed by atoms with van der Waals surface area (Å²) in [6.07, 6.45) is 3.21. The van der Waals surface area contributed by atoms with Gasteiger partial charge in [-0.15, -0.1) is 11.3 Å². The van der Waals surface area contributed by atoms with Gasteiger partial charge in [0.15, 0.2) is 4.80 Å². The predicted octanol–water partition coefficient (Wildman–Crippen LogP) is 4.75. The van der Waals surface area contributed by atoms with E-state index in [2.05, 4.69) is 4.99 Å². The molecule has 0 atom stereocenters. The number of rotatable bonds is 2. The Balaban J connectivity index is 2.03. The standard InChI is InChI=1S/C15H10Cl2N2OS2/c1-19-13-10(16)5-6-11(17)14(13)22-15(19)18-12(20)7-4-9-3-2-8-21-9/h2-8H,1H3. The molecule has 1 amide bonds. The number of nitrogens with zero attached hydrogens (tertiary/aromatic N) is 2. The maximum absolute atomic E-state index is 12.0. The van der Waals surface area contributed by atoms with E-state index in [4.69, 9.17) is 23.2 Å². The maximum Gasteiger partial charge on any atom is 0.272 e. The van der Waals surface area contributed by atoms with Crippen molar-refractivity contribution in [3.05, 3.63) is 55.4 Å². The van der Waals surface area contributed by atoms with Crippen LogP contribution in [0.1, 0.15) is 4.88 Å². The van der Waals surface area contributed by atoms with Crippen molar-refractivity contribution >= 4 is 68.1 Å². The number of hydrogen-bond acceptors (Lipinski definition) is 3. The molecule has 0 aliphatic heterocycles. The number of fused-ring (bicyclic) bond motifs is 1. The number of aryl methyl sites for hydroxylation is 1. The Morgan fingerprint density at radius 2 is 2.05 bits per heavy atom. The van der Waals surface area contributed by atoms with Gasteiger partial charge in [-0.3, -0.25) is 4.79 Å². The Morgan fingerprint density at radius 1 is 1.27 bits per heavy atom. The smallest absolute Gasteiger partial charge is 0.272 e. The van der Waals surface area contributed by atoms with E-state index in [9.17, 15) is 4.79 Å². The van der Waals surface area contributed by atoms with E-state index < -0.39 is 0 Å². The normalized spacial score (nSPS) is 12.6. The van der Waals surface area contributed by atoms with Crippen LogP contribution < -0.4 is 4.80 Å². The van der Waals surface area contributed by atoms with E-state index in [0.29, 0.717) is 14.8 Å². The summed E-state index contributed by atoms with van der Waals surface area (Å²) in [7, 11) is 1.82. The van der Waals surface area contributed by atoms with Crippen molar-refractivity contribution in [3.63, 3.8) is 0 Å². The maximum atomic E-state index is 12.0. The fraction of sp³-hybridized carbons (Fsp3) is 0.0667. The summed E-state index contributed by atoms with van der Waals surface area (Å²) in [4.78, 5) is 17.7. The molecule has 0 radical (unpaired) electrons. The molecule has 0 spiro atoms. The molecule has 0 saturated heterocycles. The van der Waals surface area contributed by atoms with Gasteiger partial charge in [0.25, 0.3) is 5.91 Å². The summed E-state index contributed by atoms with van der Waals surface area (Å²) < 4.78 is 2.61. The van der Waals surface area contributed by atoms with Gasteiger partial charge in [-0.25, -0.2) is 0 Å². The number of benzene rings is 1. The van der Waals surface area contributed by atoms with Crippen LogP contribution in [-0.2, 0) is 11.8 Å². The minimum absolute atomic E-state index is 0.317. The molecule has 3 nitrogen and oxygen atoms in total. The zero-order valence-electron chi connectivity index (χ0n) is 11.4. The van der Waals surface area contributed by atoms with Crippen LogP contribution >= 0.6 is 45.9 Å². The van der Waals surface area contributed by atoms with Gasteiger partial charge >= 0.3 is 0 Å². The molecule has 1 aromatic carbocycles. The summed E-state index contributed by atoms with van der Waals surface area (Å²) in [5.41, 5.74) is 0.785. The van der Waals surface area contributed by atoms with E-state index in [1.54, 1.807) is 34.1 Å². The second-order valence-corrected chi connectivity index (χ2v) is 7.22. The third-order valence-corrected chi connectivity index (χ3v) is 5.72. The van der Waals surface area contributed by atoms with E-state index in [1.165, 1.54) is 17.4 Å². The average Bonchev–Trinajstić information content (AvgIpc) is 3.11. The highest BCUT2D eigenvalue weighted by Gasteiger charge is 2.10. The van der Waals surface area contributed by atoms with Crippen LogP contribution in [0.3, 0.4) is 0 Å². The zero-order chi connectivity index (χ0) is 15.7. The van der Waals surface area contributed by atoms with Crippen LogP contribution in [0.15, 0.2) is 40.7 Å². The van der Waals surface area contributed by atoms with E-state index in [1.807, 2.05) is 24.6 Å². The van der Waals surface area contributed by atoms with Crippen LogP contribution in [0.25, 0.3) is 16.3 Å². The first-order chi connectivity index (χ1) is 10.6. The monoisotopic (exact) mass is 368 g/mol. The molecule has 0 aliphatic rings. The number of carbonyl (C=O) groups is 1. The number of thiazole rings is 1. The molecule has 0 unspecified atom stereocenters. The van der Waals surface area contributed by atoms with E-state index in [0.717, 1.165) is 15.1 Å². The van der Waals surface area contributed by atoms with Gasteiger partial charge in [0.1, 0.15) is 0 Å². The fourth-order valence-corrected chi connectivity index (χ4v) is 4.24. The van der Waals surface area contributed by atoms with Gasteiger partial charge < -0.3 is 4.57 Å². The minimum atomic E-state index is -0.317. The minimum Gasteiger partial charge on any atom is -0.318 e. The number of hydrogen-bond donors (Lipinski definition) is 0. The van der Waals surface area contributed by atoms with Gasteiger partial charge in [-0.05, 0) is 29.7 Å². The number of thiophene rings is 1. The predicted molar refractivity (Wildman–Crippen MR) is 94.7 cm³/mol. The van der Waals surface area contributed by atoms with Crippen molar-refractivity contribution in [2.24, 2.45) is 12.0 Å². The van der Waals surface area contributed by atoms with Crippen LogP contribution in [0.4, 0.5) is 0 Å². The molecule has 2 heterocycles. The fourth-order valence-electron chi connectivity index (χ4n) is 1.96. The van der Waals surface area contributed by atoms with Crippen molar-refractivity contribution in [1.29, 1.82) is 0 Å². The molecular weight excluding hydrogens is 359 g/mol. The Labute approximate surface area is 144 Å². The van der Waals surface area contributed by atoms with Gasteiger partial charge in [0.05, 0.1) is 20.3 Å². The molecular formula is C15H10Cl2N2OS2. The largest absolute Gasteiger partial charge is 0.318 e. The first kappa shape index (κ1) is 15.5. The quantitative estimate of drug-likeness (QED) is 0.601. The summed E-state index contributed by atoms with van der Waals surface area (Å²) in [5.74, 6) is -0.317. The van der Waals surface area contributed by atoms with Gasteiger partial charge in [-0.2, -0.15) is 4.99 Å². The van der Waals surface area contributed by atoms with Crippen LogP contribution in [0.5, 0.6) is 0 Å². The molecule has 0 N–H and O–H groups in total. The zero-order valence-corrected chi connectivity index (χ0v) is 14.6. The van der Waals surface area contributed by atoms with Crippen molar-refractivity contribution in [3.8, 4) is 0 Å². The molecule has 0 fully saturated rings. The van der Waals surface area contributed by atoms with Crippen molar-refractivity contribution in [2.75, 3.05) is 0 Å². The molecule has 3 rings (SSSR count). The van der Waals surface area contributed by atoms with Crippen molar-refractivity contribution in [2.45, 2.75) is 0 Å². The Hall–Kier alpha value is -1.40. The highest BCUT2D eigenvalue weighted by molar-refractivity contribution is 7.17. The molecule has 0 aliphatic carbocycles. The SMILES string of the molecule is Cn1c(=NC(=O)C=Cc2cccs2)sc2c(Cl)ccc(Cl)c21. The molecule has 0 saturated carbocycles. The lowest BCUT2D eigenvalue weighted by atomic mass is 10.3. The Kier molecular flexibility index (Phi) is 4.49. The van der Waals surface area contributed by atoms with Crippen LogP contribution in [0.2, 0.25) is 10.0 Å². The molecule has 7 heteroatoms. The van der Waals surface area contributed by atoms with E-state index >= 15 is 0 Å². The Bertz CT molecular complexity index is 937. The summed E-state index contributed by atoms with van der Waals surface area (Å²) in [5, 5.41) is 3.14. The third-order valence-electron chi connectivity index (χ3n) is 2.99. The van der Waals surface area contributed by atoms with Crippen molar-refractivity contribution < 1.29 is 4.79 Å². The molecule has 2 aromatic heterocycles. The lowest BCUT2D eigenvalue weighted by Gasteiger charge is -1.98. The summed E-state index contributed by atoms with van der Waals surface area (Å²) in [6, 6.07) is 7.35. The number of aromatic nitrogens is 1. The molecule has 3 aromatic rings. The first-order valence-electron chi connectivity index (χ1n) is 6.30. The second-order valence-electron chi connectivity index (χ2n) is 4.45. The molecule has 112 valence electrons. The first-order valence-corrected chi connectivity index (χ1v) is 8.75. The van der Waals surface area contributed by atoms with E-state index in [-0.39, 0.29) is 5.91 Å². The van der Waals surface area contributed by atoms with Gasteiger partial charge in [0.2, 0.25) is 0 Å².